The van der Waals surface area contributed by atoms with Crippen LogP contribution in [0.1, 0.15) is 47.0 Å². The molecule has 0 heterocycles. The van der Waals surface area contributed by atoms with Gasteiger partial charge in [-0.25, -0.2) is 5.11 Å². The largest absolute Gasteiger partial charge is 0.349 e. The maximum absolute atomic E-state index is 11.1. The Morgan fingerprint density at radius 3 is 2.33 bits per heavy atom. The minimum absolute atomic E-state index is 0.106. The smallest absolute Gasteiger partial charge is 0.191 e. The van der Waals surface area contributed by atoms with Crippen molar-refractivity contribution in [3.8, 4) is 0 Å². The van der Waals surface area contributed by atoms with Crippen LogP contribution < -0.4 is 0 Å². The third-order valence-corrected chi connectivity index (χ3v) is 1.50. The molecule has 1 unspecified atom stereocenters. The normalized spacial score (nSPS) is 14.8. The molecule has 73 valence electrons. The van der Waals surface area contributed by atoms with E-state index >= 15 is 0 Å². The van der Waals surface area contributed by atoms with Gasteiger partial charge in [-0.1, -0.05) is 34.1 Å². The maximum atomic E-state index is 11.1. The fraction of sp³-hybridized carbons (Fsp3) is 1.00. The molecule has 0 aromatic rings. The summed E-state index contributed by atoms with van der Waals surface area (Å²) >= 11 is 0. The van der Waals surface area contributed by atoms with E-state index in [1.54, 1.807) is 0 Å². The van der Waals surface area contributed by atoms with E-state index in [-0.39, 0.29) is 5.41 Å². The monoisotopic (exact) mass is 173 g/mol. The quantitative estimate of drug-likeness (QED) is 0.587. The van der Waals surface area contributed by atoms with Crippen molar-refractivity contribution in [1.29, 1.82) is 0 Å². The Morgan fingerprint density at radius 1 is 1.33 bits per heavy atom. The summed E-state index contributed by atoms with van der Waals surface area (Å²) in [6.45, 7) is 8.85. The van der Waals surface area contributed by atoms with Crippen molar-refractivity contribution < 1.29 is 9.84 Å². The SMILES string of the molecule is CCCCC([O])OCC(C)(C)C. The molecule has 0 fully saturated rings. The van der Waals surface area contributed by atoms with Crippen LogP contribution in [0, 0.1) is 5.41 Å². The molecule has 0 spiro atoms. The Morgan fingerprint density at radius 2 is 1.92 bits per heavy atom. The van der Waals surface area contributed by atoms with Crippen molar-refractivity contribution in [3.05, 3.63) is 0 Å². The van der Waals surface area contributed by atoms with Gasteiger partial charge in [0.2, 0.25) is 0 Å². The van der Waals surface area contributed by atoms with E-state index in [9.17, 15) is 5.11 Å². The van der Waals surface area contributed by atoms with Gasteiger partial charge in [-0.2, -0.15) is 0 Å². The first-order valence-electron chi connectivity index (χ1n) is 4.73. The van der Waals surface area contributed by atoms with Crippen molar-refractivity contribution in [2.45, 2.75) is 53.2 Å². The lowest BCUT2D eigenvalue weighted by molar-refractivity contribution is -0.158. The molecule has 0 aliphatic rings. The zero-order valence-electron chi connectivity index (χ0n) is 8.72. The molecule has 0 aromatic carbocycles. The summed E-state index contributed by atoms with van der Waals surface area (Å²) in [5.74, 6) is 0. The van der Waals surface area contributed by atoms with E-state index in [2.05, 4.69) is 27.7 Å². The summed E-state index contributed by atoms with van der Waals surface area (Å²) in [6.07, 6.45) is 1.87. The van der Waals surface area contributed by atoms with Gasteiger partial charge < -0.3 is 4.74 Å². The molecular weight excluding hydrogens is 152 g/mol. The topological polar surface area (TPSA) is 29.1 Å². The van der Waals surface area contributed by atoms with E-state index in [4.69, 9.17) is 4.74 Å². The molecule has 1 radical (unpaired) electrons. The maximum Gasteiger partial charge on any atom is 0.191 e. The van der Waals surface area contributed by atoms with Crippen molar-refractivity contribution in [2.24, 2.45) is 5.41 Å². The molecule has 12 heavy (non-hydrogen) atoms. The van der Waals surface area contributed by atoms with Gasteiger partial charge in [0.15, 0.2) is 6.29 Å². The van der Waals surface area contributed by atoms with Crippen LogP contribution in [0.4, 0.5) is 0 Å². The van der Waals surface area contributed by atoms with Crippen molar-refractivity contribution in [2.75, 3.05) is 6.61 Å². The van der Waals surface area contributed by atoms with Gasteiger partial charge >= 0.3 is 0 Å². The van der Waals surface area contributed by atoms with Crippen LogP contribution >= 0.6 is 0 Å². The zero-order valence-corrected chi connectivity index (χ0v) is 8.72. The molecule has 0 amide bonds. The molecule has 0 aliphatic heterocycles. The lowest BCUT2D eigenvalue weighted by Gasteiger charge is -2.19. The molecular formula is C10H21O2. The highest BCUT2D eigenvalue weighted by molar-refractivity contribution is 4.59. The first kappa shape index (κ1) is 11.9. The van der Waals surface area contributed by atoms with E-state index in [0.717, 1.165) is 12.8 Å². The summed E-state index contributed by atoms with van der Waals surface area (Å²) in [5.41, 5.74) is 0.106. The van der Waals surface area contributed by atoms with Crippen LogP contribution in [0.15, 0.2) is 0 Å². The molecule has 0 bridgehead atoms. The number of ether oxygens (including phenoxy) is 1. The molecule has 0 saturated carbocycles. The second-order valence-corrected chi connectivity index (χ2v) is 4.44. The van der Waals surface area contributed by atoms with Gasteiger partial charge in [0, 0.05) is 6.42 Å². The molecule has 2 heteroatoms. The molecule has 0 aromatic heterocycles. The van der Waals surface area contributed by atoms with Crippen LogP contribution in [0.25, 0.3) is 0 Å². The Kier molecular flexibility index (Phi) is 5.51. The molecule has 0 saturated heterocycles. The minimum atomic E-state index is -0.816. The minimum Gasteiger partial charge on any atom is -0.349 e. The molecule has 0 rings (SSSR count). The van der Waals surface area contributed by atoms with Crippen molar-refractivity contribution in [3.63, 3.8) is 0 Å². The zero-order chi connectivity index (χ0) is 9.61. The third kappa shape index (κ3) is 8.02. The number of hydrogen-bond acceptors (Lipinski definition) is 1. The number of unbranched alkanes of at least 4 members (excludes halogenated alkanes) is 1. The van der Waals surface area contributed by atoms with Gasteiger partial charge in [0.1, 0.15) is 0 Å². The predicted molar refractivity (Wildman–Crippen MR) is 49.4 cm³/mol. The Bertz CT molecular complexity index is 105. The highest BCUT2D eigenvalue weighted by atomic mass is 16.6. The summed E-state index contributed by atoms with van der Waals surface area (Å²) in [5, 5.41) is 11.1. The summed E-state index contributed by atoms with van der Waals surface area (Å²) in [6, 6.07) is 0. The van der Waals surface area contributed by atoms with E-state index in [0.29, 0.717) is 13.0 Å². The van der Waals surface area contributed by atoms with Gasteiger partial charge in [-0.15, -0.1) is 0 Å². The molecule has 0 aliphatic carbocycles. The first-order chi connectivity index (χ1) is 5.45. The van der Waals surface area contributed by atoms with Crippen LogP contribution in [0.3, 0.4) is 0 Å². The predicted octanol–water partition coefficient (Wildman–Crippen LogP) is 3.00. The average molecular weight is 173 g/mol. The third-order valence-electron chi connectivity index (χ3n) is 1.50. The second-order valence-electron chi connectivity index (χ2n) is 4.44. The molecule has 2 nitrogen and oxygen atoms in total. The fourth-order valence-electron chi connectivity index (χ4n) is 0.797. The van der Waals surface area contributed by atoms with Crippen molar-refractivity contribution >= 4 is 0 Å². The van der Waals surface area contributed by atoms with Crippen LogP contribution in [-0.2, 0) is 9.84 Å². The highest BCUT2D eigenvalue weighted by Crippen LogP contribution is 2.15. The Labute approximate surface area is 75.9 Å². The second kappa shape index (κ2) is 5.55. The first-order valence-corrected chi connectivity index (χ1v) is 4.73. The summed E-state index contributed by atoms with van der Waals surface area (Å²) in [4.78, 5) is 0. The Balaban J connectivity index is 3.37. The molecule has 1 atom stereocenters. The van der Waals surface area contributed by atoms with Crippen LogP contribution in [0.5, 0.6) is 0 Å². The van der Waals surface area contributed by atoms with Crippen LogP contribution in [0.2, 0.25) is 0 Å². The lowest BCUT2D eigenvalue weighted by atomic mass is 9.99. The number of hydrogen-bond donors (Lipinski definition) is 0. The van der Waals surface area contributed by atoms with Crippen LogP contribution in [-0.4, -0.2) is 12.9 Å². The van der Waals surface area contributed by atoms with Gasteiger partial charge in [-0.05, 0) is 11.8 Å². The van der Waals surface area contributed by atoms with Gasteiger partial charge in [0.25, 0.3) is 0 Å². The van der Waals surface area contributed by atoms with E-state index in [1.807, 2.05) is 0 Å². The lowest BCUT2D eigenvalue weighted by Crippen LogP contribution is -2.20. The van der Waals surface area contributed by atoms with Gasteiger partial charge in [-0.3, -0.25) is 0 Å². The standard InChI is InChI=1S/C10H21O2/c1-5-6-7-9(11)12-8-10(2,3)4/h9H,5-8H2,1-4H3. The number of rotatable bonds is 5. The summed E-state index contributed by atoms with van der Waals surface area (Å²) in [7, 11) is 0. The molecule has 0 N–H and O–H groups in total. The fourth-order valence-corrected chi connectivity index (χ4v) is 0.797. The highest BCUT2D eigenvalue weighted by Gasteiger charge is 2.13. The van der Waals surface area contributed by atoms with Gasteiger partial charge in [0.05, 0.1) is 6.61 Å². The van der Waals surface area contributed by atoms with Crippen molar-refractivity contribution in [1.82, 2.24) is 0 Å². The Hall–Kier alpha value is -0.0800. The average Bonchev–Trinajstić information content (AvgIpc) is 1.95. The summed E-state index contributed by atoms with van der Waals surface area (Å²) < 4.78 is 5.15. The van der Waals surface area contributed by atoms with E-state index < -0.39 is 6.29 Å². The van der Waals surface area contributed by atoms with E-state index in [1.165, 1.54) is 0 Å².